The van der Waals surface area contributed by atoms with Gasteiger partial charge in [-0.25, -0.2) is 18.4 Å². The standard InChI is InChI=1S/C15H25N5O3S/c1-2-3-5-14(21)16-8-13-24(22,23)20-11-9-19(10-12-20)15-17-6-4-7-18-15/h4,6-7H,2-3,5,8-13H2,1H3,(H,16,21). The number of sulfonamides is 1. The van der Waals surface area contributed by atoms with E-state index in [4.69, 9.17) is 0 Å². The second-order valence-electron chi connectivity index (χ2n) is 5.70. The highest BCUT2D eigenvalue weighted by Gasteiger charge is 2.27. The molecule has 1 amide bonds. The first-order valence-electron chi connectivity index (χ1n) is 8.29. The maximum absolute atomic E-state index is 12.3. The molecule has 0 radical (unpaired) electrons. The van der Waals surface area contributed by atoms with Gasteiger partial charge in [-0.1, -0.05) is 13.3 Å². The van der Waals surface area contributed by atoms with Gasteiger partial charge in [-0.3, -0.25) is 4.79 Å². The van der Waals surface area contributed by atoms with Gasteiger partial charge in [-0.2, -0.15) is 4.31 Å². The molecule has 0 aliphatic carbocycles. The van der Waals surface area contributed by atoms with Gasteiger partial charge in [0.15, 0.2) is 0 Å². The Balaban J connectivity index is 1.76. The van der Waals surface area contributed by atoms with Crippen LogP contribution in [0.25, 0.3) is 0 Å². The van der Waals surface area contributed by atoms with Crippen LogP contribution in [0.5, 0.6) is 0 Å². The number of nitrogens with one attached hydrogen (secondary N) is 1. The Hall–Kier alpha value is -1.74. The van der Waals surface area contributed by atoms with E-state index in [0.29, 0.717) is 38.5 Å². The van der Waals surface area contributed by atoms with E-state index < -0.39 is 10.0 Å². The first-order valence-corrected chi connectivity index (χ1v) is 9.90. The molecule has 0 atom stereocenters. The van der Waals surface area contributed by atoms with Gasteiger partial charge < -0.3 is 10.2 Å². The zero-order chi connectivity index (χ0) is 17.4. The van der Waals surface area contributed by atoms with Crippen LogP contribution in [-0.4, -0.2) is 67.1 Å². The summed E-state index contributed by atoms with van der Waals surface area (Å²) < 4.78 is 26.2. The summed E-state index contributed by atoms with van der Waals surface area (Å²) in [6.45, 7) is 4.11. The van der Waals surface area contributed by atoms with Gasteiger partial charge in [-0.15, -0.1) is 0 Å². The monoisotopic (exact) mass is 355 g/mol. The number of rotatable bonds is 8. The molecule has 134 valence electrons. The van der Waals surface area contributed by atoms with Gasteiger partial charge in [0, 0.05) is 51.5 Å². The number of unbranched alkanes of at least 4 members (excludes halogenated alkanes) is 1. The molecule has 1 aliphatic heterocycles. The summed E-state index contributed by atoms with van der Waals surface area (Å²) in [7, 11) is -3.35. The smallest absolute Gasteiger partial charge is 0.225 e. The molecule has 1 aromatic heterocycles. The molecule has 1 N–H and O–H groups in total. The van der Waals surface area contributed by atoms with Crippen molar-refractivity contribution >= 4 is 21.9 Å². The summed E-state index contributed by atoms with van der Waals surface area (Å²) in [6.07, 6.45) is 5.56. The van der Waals surface area contributed by atoms with Gasteiger partial charge >= 0.3 is 0 Å². The van der Waals surface area contributed by atoms with Gasteiger partial charge in [-0.05, 0) is 12.5 Å². The number of hydrogen-bond donors (Lipinski definition) is 1. The Morgan fingerprint density at radius 2 is 1.88 bits per heavy atom. The van der Waals surface area contributed by atoms with Crippen LogP contribution in [0, 0.1) is 0 Å². The summed E-state index contributed by atoms with van der Waals surface area (Å²) in [4.78, 5) is 21.9. The van der Waals surface area contributed by atoms with E-state index in [0.717, 1.165) is 12.8 Å². The number of piperazine rings is 1. The van der Waals surface area contributed by atoms with Gasteiger partial charge in [0.2, 0.25) is 21.9 Å². The van der Waals surface area contributed by atoms with E-state index in [1.165, 1.54) is 4.31 Å². The number of nitrogens with zero attached hydrogens (tertiary/aromatic N) is 4. The van der Waals surface area contributed by atoms with Gasteiger partial charge in [0.1, 0.15) is 0 Å². The molecule has 2 heterocycles. The Kier molecular flexibility index (Phi) is 6.92. The van der Waals surface area contributed by atoms with E-state index >= 15 is 0 Å². The molecule has 0 spiro atoms. The SMILES string of the molecule is CCCCC(=O)NCCS(=O)(=O)N1CCN(c2ncccn2)CC1. The Morgan fingerprint density at radius 1 is 1.21 bits per heavy atom. The van der Waals surface area contributed by atoms with Crippen molar-refractivity contribution in [3.63, 3.8) is 0 Å². The average molecular weight is 355 g/mol. The maximum Gasteiger partial charge on any atom is 0.225 e. The molecule has 8 nitrogen and oxygen atoms in total. The van der Waals surface area contributed by atoms with Crippen molar-refractivity contribution < 1.29 is 13.2 Å². The summed E-state index contributed by atoms with van der Waals surface area (Å²) in [5, 5.41) is 2.67. The van der Waals surface area contributed by atoms with Crippen molar-refractivity contribution in [3.8, 4) is 0 Å². The third-order valence-corrected chi connectivity index (χ3v) is 5.78. The van der Waals surface area contributed by atoms with Crippen molar-refractivity contribution in [2.24, 2.45) is 0 Å². The second-order valence-corrected chi connectivity index (χ2v) is 7.79. The Morgan fingerprint density at radius 3 is 2.50 bits per heavy atom. The molecule has 9 heteroatoms. The van der Waals surface area contributed by atoms with Crippen LogP contribution in [-0.2, 0) is 14.8 Å². The Bertz CT molecular complexity index is 615. The van der Waals surface area contributed by atoms with Crippen molar-refractivity contribution in [1.29, 1.82) is 0 Å². The minimum Gasteiger partial charge on any atom is -0.355 e. The maximum atomic E-state index is 12.3. The quantitative estimate of drug-likeness (QED) is 0.717. The number of anilines is 1. The molecular formula is C15H25N5O3S. The number of amides is 1. The summed E-state index contributed by atoms with van der Waals surface area (Å²) in [5.41, 5.74) is 0. The van der Waals surface area contributed by atoms with Crippen molar-refractivity contribution in [2.45, 2.75) is 26.2 Å². The Labute approximate surface area is 143 Å². The summed E-state index contributed by atoms with van der Waals surface area (Å²) in [6, 6.07) is 1.75. The van der Waals surface area contributed by atoms with Crippen LogP contribution in [0.2, 0.25) is 0 Å². The molecule has 0 aromatic carbocycles. The second kappa shape index (κ2) is 8.93. The van der Waals surface area contributed by atoms with Crippen molar-refractivity contribution in [3.05, 3.63) is 18.5 Å². The lowest BCUT2D eigenvalue weighted by Gasteiger charge is -2.33. The van der Waals surface area contributed by atoms with Crippen molar-refractivity contribution in [2.75, 3.05) is 43.4 Å². The number of carbonyl (C=O) groups is 1. The normalized spacial score (nSPS) is 16.1. The van der Waals surface area contributed by atoms with Crippen LogP contribution < -0.4 is 10.2 Å². The van der Waals surface area contributed by atoms with E-state index in [9.17, 15) is 13.2 Å². The molecule has 1 saturated heterocycles. The van der Waals surface area contributed by atoms with Gasteiger partial charge in [0.25, 0.3) is 0 Å². The molecule has 0 bridgehead atoms. The lowest BCUT2D eigenvalue weighted by molar-refractivity contribution is -0.121. The highest BCUT2D eigenvalue weighted by atomic mass is 32.2. The fourth-order valence-electron chi connectivity index (χ4n) is 2.50. The van der Waals surface area contributed by atoms with E-state index in [1.807, 2.05) is 11.8 Å². The fourth-order valence-corrected chi connectivity index (χ4v) is 3.83. The largest absolute Gasteiger partial charge is 0.355 e. The van der Waals surface area contributed by atoms with Crippen LogP contribution in [0.4, 0.5) is 5.95 Å². The first-order chi connectivity index (χ1) is 11.5. The molecule has 0 saturated carbocycles. The highest BCUT2D eigenvalue weighted by Crippen LogP contribution is 2.12. The summed E-state index contributed by atoms with van der Waals surface area (Å²) in [5.74, 6) is 0.475. The van der Waals surface area contributed by atoms with Crippen molar-refractivity contribution in [1.82, 2.24) is 19.6 Å². The zero-order valence-electron chi connectivity index (χ0n) is 14.0. The summed E-state index contributed by atoms with van der Waals surface area (Å²) >= 11 is 0. The molecule has 1 aromatic rings. The molecule has 1 aliphatic rings. The predicted molar refractivity (Wildman–Crippen MR) is 92.1 cm³/mol. The number of carbonyl (C=O) groups excluding carboxylic acids is 1. The number of hydrogen-bond acceptors (Lipinski definition) is 6. The first kappa shape index (κ1) is 18.6. The molecule has 0 unspecified atom stereocenters. The third kappa shape index (κ3) is 5.41. The lowest BCUT2D eigenvalue weighted by atomic mass is 10.2. The lowest BCUT2D eigenvalue weighted by Crippen LogP contribution is -2.50. The average Bonchev–Trinajstić information content (AvgIpc) is 2.60. The third-order valence-electron chi connectivity index (χ3n) is 3.91. The topological polar surface area (TPSA) is 95.5 Å². The number of aromatic nitrogens is 2. The van der Waals surface area contributed by atoms with E-state index in [1.54, 1.807) is 18.5 Å². The molecule has 2 rings (SSSR count). The minimum absolute atomic E-state index is 0.0628. The van der Waals surface area contributed by atoms with Crippen LogP contribution in [0.1, 0.15) is 26.2 Å². The highest BCUT2D eigenvalue weighted by molar-refractivity contribution is 7.89. The van der Waals surface area contributed by atoms with Gasteiger partial charge in [0.05, 0.1) is 5.75 Å². The molecule has 24 heavy (non-hydrogen) atoms. The zero-order valence-corrected chi connectivity index (χ0v) is 14.8. The predicted octanol–water partition coefficient (Wildman–Crippen LogP) is 0.235. The molecule has 1 fully saturated rings. The minimum atomic E-state index is -3.35. The van der Waals surface area contributed by atoms with Crippen LogP contribution >= 0.6 is 0 Å². The fraction of sp³-hybridized carbons (Fsp3) is 0.667. The van der Waals surface area contributed by atoms with Crippen LogP contribution in [0.15, 0.2) is 18.5 Å². The van der Waals surface area contributed by atoms with E-state index in [2.05, 4.69) is 15.3 Å². The van der Waals surface area contributed by atoms with E-state index in [-0.39, 0.29) is 18.2 Å². The molecular weight excluding hydrogens is 330 g/mol. The van der Waals surface area contributed by atoms with Crippen LogP contribution in [0.3, 0.4) is 0 Å².